The molecular weight excluding hydrogens is 299 g/mol. The molecule has 1 aromatic carbocycles. The highest BCUT2D eigenvalue weighted by atomic mass is 35.7. The zero-order valence-corrected chi connectivity index (χ0v) is 9.60. The van der Waals surface area contributed by atoms with E-state index in [2.05, 4.69) is 0 Å². The predicted molar refractivity (Wildman–Crippen MR) is 50.9 cm³/mol. The van der Waals surface area contributed by atoms with Crippen molar-refractivity contribution in [1.82, 2.24) is 0 Å². The van der Waals surface area contributed by atoms with Gasteiger partial charge in [0.1, 0.15) is 4.90 Å². The van der Waals surface area contributed by atoms with Gasteiger partial charge < -0.3 is 0 Å². The van der Waals surface area contributed by atoms with E-state index in [1.54, 1.807) is 0 Å². The zero-order chi connectivity index (χ0) is 12.9. The van der Waals surface area contributed by atoms with Crippen LogP contribution in [-0.2, 0) is 9.05 Å². The third kappa shape index (κ3) is 3.22. The molecule has 0 fully saturated rings. The number of hydrogen-bond donors (Lipinski definition) is 0. The van der Waals surface area contributed by atoms with E-state index in [9.17, 15) is 27.8 Å². The van der Waals surface area contributed by atoms with E-state index in [1.165, 1.54) is 0 Å². The molecule has 0 aliphatic carbocycles. The molecule has 0 aromatic heterocycles. The Hall–Kier alpha value is -0.540. The molecule has 0 unspecified atom stereocenters. The van der Waals surface area contributed by atoms with Gasteiger partial charge in [0, 0.05) is 10.7 Å². The first-order valence-corrected chi connectivity index (χ1v) is 7.75. The summed E-state index contributed by atoms with van der Waals surface area (Å²) in [6.45, 7) is 0. The molecule has 0 heterocycles. The Balaban J connectivity index is 3.38. The minimum atomic E-state index is -9.75. The summed E-state index contributed by atoms with van der Waals surface area (Å²) in [4.78, 5) is -2.84. The van der Waals surface area contributed by atoms with E-state index in [0.717, 1.165) is 0 Å². The molecule has 0 saturated heterocycles. The molecule has 2 nitrogen and oxygen atoms in total. The maximum atomic E-state index is 12.2. The topological polar surface area (TPSA) is 34.1 Å². The van der Waals surface area contributed by atoms with Crippen LogP contribution in [-0.4, -0.2) is 8.42 Å². The molecule has 10 heteroatoms. The summed E-state index contributed by atoms with van der Waals surface area (Å²) >= 11 is 0. The van der Waals surface area contributed by atoms with Crippen LogP contribution in [0.3, 0.4) is 0 Å². The molecule has 0 atom stereocenters. The lowest BCUT2D eigenvalue weighted by atomic mass is 10.4. The summed E-state index contributed by atoms with van der Waals surface area (Å²) < 4.78 is 82.3. The molecule has 0 aliphatic rings. The molecule has 0 bridgehead atoms. The fraction of sp³-hybridized carbons (Fsp3) is 0. The largest absolute Gasteiger partial charge is 0.310 e. The van der Waals surface area contributed by atoms with Crippen LogP contribution in [0.15, 0.2) is 34.1 Å². The number of benzene rings is 1. The van der Waals surface area contributed by atoms with Gasteiger partial charge in [-0.05, 0) is 24.3 Å². The van der Waals surface area contributed by atoms with Crippen molar-refractivity contribution in [2.75, 3.05) is 0 Å². The van der Waals surface area contributed by atoms with Crippen LogP contribution in [0, 0.1) is 0 Å². The lowest BCUT2D eigenvalue weighted by molar-refractivity contribution is 0.364. The van der Waals surface area contributed by atoms with E-state index in [1.807, 2.05) is 0 Å². The lowest BCUT2D eigenvalue weighted by Gasteiger charge is -2.40. The fourth-order valence-corrected chi connectivity index (χ4v) is 2.28. The second-order valence-electron chi connectivity index (χ2n) is 2.88. The average Bonchev–Trinajstić information content (AvgIpc) is 1.99. The number of hydrogen-bond acceptors (Lipinski definition) is 2. The Morgan fingerprint density at radius 3 is 1.56 bits per heavy atom. The predicted octanol–water partition coefficient (Wildman–Crippen LogP) is 4.27. The van der Waals surface area contributed by atoms with Crippen molar-refractivity contribution in [1.29, 1.82) is 0 Å². The molecule has 0 radical (unpaired) electrons. The van der Waals surface area contributed by atoms with Crippen LogP contribution in [0.2, 0.25) is 0 Å². The summed E-state index contributed by atoms with van der Waals surface area (Å²) in [5.74, 6) is 0. The highest BCUT2D eigenvalue weighted by molar-refractivity contribution is 8.45. The average molecular weight is 303 g/mol. The van der Waals surface area contributed by atoms with Gasteiger partial charge >= 0.3 is 10.2 Å². The van der Waals surface area contributed by atoms with E-state index in [0.29, 0.717) is 12.1 Å². The Morgan fingerprint density at radius 2 is 1.31 bits per heavy atom. The SMILES string of the molecule is O=S(=O)(Cl)c1ccc(S(F)(F)(F)(F)F)cc1. The van der Waals surface area contributed by atoms with Gasteiger partial charge in [-0.15, -0.1) is 0 Å². The van der Waals surface area contributed by atoms with E-state index in [-0.39, 0.29) is 12.1 Å². The molecule has 0 N–H and O–H groups in total. The van der Waals surface area contributed by atoms with Gasteiger partial charge in [-0.1, -0.05) is 19.4 Å². The van der Waals surface area contributed by atoms with Crippen LogP contribution in [0.4, 0.5) is 19.4 Å². The standard InChI is InChI=1S/C6H4ClF5O2S2/c7-15(13,14)5-1-3-6(4-2-5)16(8,9,10,11)12/h1-4H. The first-order chi connectivity index (χ1) is 6.70. The summed E-state index contributed by atoms with van der Waals surface area (Å²) in [5.41, 5.74) is 0. The monoisotopic (exact) mass is 302 g/mol. The number of halogens is 6. The van der Waals surface area contributed by atoms with E-state index in [4.69, 9.17) is 10.7 Å². The van der Waals surface area contributed by atoms with Gasteiger partial charge in [0.05, 0.1) is 4.90 Å². The first kappa shape index (κ1) is 13.5. The van der Waals surface area contributed by atoms with Crippen molar-refractivity contribution in [2.24, 2.45) is 0 Å². The minimum Gasteiger partial charge on any atom is -0.207 e. The lowest BCUT2D eigenvalue weighted by Crippen LogP contribution is -2.06. The molecule has 1 rings (SSSR count). The smallest absolute Gasteiger partial charge is 0.207 e. The van der Waals surface area contributed by atoms with E-state index < -0.39 is 29.1 Å². The van der Waals surface area contributed by atoms with Gasteiger partial charge in [0.25, 0.3) is 9.05 Å². The summed E-state index contributed by atoms with van der Waals surface area (Å²) in [7, 11) is -9.18. The third-order valence-corrected chi connectivity index (χ3v) is 4.08. The van der Waals surface area contributed by atoms with Gasteiger partial charge in [0.2, 0.25) is 0 Å². The van der Waals surface area contributed by atoms with Crippen LogP contribution >= 0.6 is 20.9 Å². The van der Waals surface area contributed by atoms with Crippen LogP contribution in [0.25, 0.3) is 0 Å². The Bertz CT molecular complexity index is 518. The molecule has 0 spiro atoms. The van der Waals surface area contributed by atoms with Crippen LogP contribution in [0.5, 0.6) is 0 Å². The maximum absolute atomic E-state index is 12.2. The quantitative estimate of drug-likeness (QED) is 0.604. The molecule has 0 saturated carbocycles. The van der Waals surface area contributed by atoms with Gasteiger partial charge in [0.15, 0.2) is 0 Å². The van der Waals surface area contributed by atoms with Crippen molar-refractivity contribution < 1.29 is 27.8 Å². The molecule has 16 heavy (non-hydrogen) atoms. The van der Waals surface area contributed by atoms with Crippen molar-refractivity contribution in [2.45, 2.75) is 9.79 Å². The van der Waals surface area contributed by atoms with Gasteiger partial charge in [-0.2, -0.15) is 0 Å². The van der Waals surface area contributed by atoms with Crippen molar-refractivity contribution in [3.63, 3.8) is 0 Å². The van der Waals surface area contributed by atoms with Gasteiger partial charge in [-0.3, -0.25) is 0 Å². The molecule has 0 aliphatic heterocycles. The van der Waals surface area contributed by atoms with Gasteiger partial charge in [-0.25, -0.2) is 8.42 Å². The third-order valence-electron chi connectivity index (χ3n) is 1.55. The summed E-state index contributed by atoms with van der Waals surface area (Å²) in [5, 5.41) is 0. The summed E-state index contributed by atoms with van der Waals surface area (Å²) in [6, 6.07) is 0.707. The van der Waals surface area contributed by atoms with Crippen molar-refractivity contribution >= 4 is 30.0 Å². The second kappa shape index (κ2) is 2.82. The number of rotatable bonds is 2. The second-order valence-corrected chi connectivity index (χ2v) is 7.85. The fourth-order valence-electron chi connectivity index (χ4n) is 0.859. The normalized spacial score (nSPS) is 17.6. The minimum absolute atomic E-state index is 0.0170. The molecule has 94 valence electrons. The van der Waals surface area contributed by atoms with Crippen LogP contribution < -0.4 is 0 Å². The maximum Gasteiger partial charge on any atom is 0.310 e. The molecular formula is C6H4ClF5O2S2. The molecule has 0 amide bonds. The zero-order valence-electron chi connectivity index (χ0n) is 7.21. The molecule has 1 aromatic rings. The summed E-state index contributed by atoms with van der Waals surface area (Å²) in [6.07, 6.45) is 0. The van der Waals surface area contributed by atoms with Crippen molar-refractivity contribution in [3.8, 4) is 0 Å². The van der Waals surface area contributed by atoms with E-state index >= 15 is 0 Å². The first-order valence-electron chi connectivity index (χ1n) is 3.49. The highest BCUT2D eigenvalue weighted by Gasteiger charge is 2.65. The highest BCUT2D eigenvalue weighted by Crippen LogP contribution is 3.02. The Labute approximate surface area is 92.2 Å². The van der Waals surface area contributed by atoms with Crippen LogP contribution in [0.1, 0.15) is 0 Å². The van der Waals surface area contributed by atoms with Crippen molar-refractivity contribution in [3.05, 3.63) is 24.3 Å². The Morgan fingerprint density at radius 1 is 0.938 bits per heavy atom. The Kier molecular flexibility index (Phi) is 2.39.